The summed E-state index contributed by atoms with van der Waals surface area (Å²) in [5, 5.41) is 0.628. The molecule has 0 heterocycles. The second-order valence-corrected chi connectivity index (χ2v) is 4.65. The quantitative estimate of drug-likeness (QED) is 0.741. The van der Waals surface area contributed by atoms with Gasteiger partial charge in [-0.25, -0.2) is 0 Å². The summed E-state index contributed by atoms with van der Waals surface area (Å²) in [6.45, 7) is 0. The van der Waals surface area contributed by atoms with Crippen molar-refractivity contribution in [2.24, 2.45) is 0 Å². The summed E-state index contributed by atoms with van der Waals surface area (Å²) >= 11 is 9.50. The molecule has 0 aromatic heterocycles. The van der Waals surface area contributed by atoms with Crippen LogP contribution in [-0.4, -0.2) is 6.29 Å². The van der Waals surface area contributed by atoms with Gasteiger partial charge in [0.1, 0.15) is 0 Å². The fourth-order valence-corrected chi connectivity index (χ4v) is 2.33. The zero-order valence-electron chi connectivity index (χ0n) is 8.28. The van der Waals surface area contributed by atoms with E-state index in [1.54, 1.807) is 6.07 Å². The summed E-state index contributed by atoms with van der Waals surface area (Å²) < 4.78 is 0.921. The molecular weight excluding hydrogens is 287 g/mol. The van der Waals surface area contributed by atoms with Gasteiger partial charge in [0.25, 0.3) is 0 Å². The molecule has 0 saturated heterocycles. The zero-order valence-corrected chi connectivity index (χ0v) is 10.6. The van der Waals surface area contributed by atoms with Crippen LogP contribution in [0.1, 0.15) is 10.4 Å². The first-order valence-electron chi connectivity index (χ1n) is 4.72. The highest BCUT2D eigenvalue weighted by Crippen LogP contribution is 2.31. The average molecular weight is 296 g/mol. The molecule has 2 aromatic carbocycles. The molecule has 16 heavy (non-hydrogen) atoms. The van der Waals surface area contributed by atoms with Crippen molar-refractivity contribution in [2.75, 3.05) is 0 Å². The lowest BCUT2D eigenvalue weighted by molar-refractivity contribution is 0.112. The van der Waals surface area contributed by atoms with Gasteiger partial charge in [0.05, 0.1) is 0 Å². The van der Waals surface area contributed by atoms with E-state index in [0.29, 0.717) is 10.6 Å². The van der Waals surface area contributed by atoms with Gasteiger partial charge < -0.3 is 0 Å². The largest absolute Gasteiger partial charge is 0.298 e. The number of halogens is 2. The first-order valence-corrected chi connectivity index (χ1v) is 5.89. The maximum absolute atomic E-state index is 10.9. The number of hydrogen-bond acceptors (Lipinski definition) is 1. The smallest absolute Gasteiger partial charge is 0.150 e. The number of benzene rings is 2. The molecule has 0 amide bonds. The van der Waals surface area contributed by atoms with E-state index < -0.39 is 0 Å². The molecule has 2 rings (SSSR count). The van der Waals surface area contributed by atoms with Crippen LogP contribution in [0.2, 0.25) is 5.02 Å². The van der Waals surface area contributed by atoms with Gasteiger partial charge in [0.2, 0.25) is 0 Å². The van der Waals surface area contributed by atoms with Gasteiger partial charge in [-0.1, -0.05) is 57.9 Å². The average Bonchev–Trinajstić information content (AvgIpc) is 2.29. The Morgan fingerprint density at radius 2 is 1.81 bits per heavy atom. The first-order chi connectivity index (χ1) is 7.72. The summed E-state index contributed by atoms with van der Waals surface area (Å²) in [5.41, 5.74) is 2.37. The number of carbonyl (C=O) groups excluding carboxylic acids is 1. The highest BCUT2D eigenvalue weighted by Gasteiger charge is 2.07. The lowest BCUT2D eigenvalue weighted by Gasteiger charge is -2.07. The predicted molar refractivity (Wildman–Crippen MR) is 70.0 cm³/mol. The van der Waals surface area contributed by atoms with Crippen molar-refractivity contribution in [3.05, 3.63) is 57.5 Å². The molecule has 3 heteroatoms. The number of aldehydes is 1. The SMILES string of the molecule is O=Cc1ccccc1-c1ccc(Br)cc1Cl. The van der Waals surface area contributed by atoms with Crippen molar-refractivity contribution in [1.82, 2.24) is 0 Å². The summed E-state index contributed by atoms with van der Waals surface area (Å²) in [6.07, 6.45) is 0.841. The normalized spacial score (nSPS) is 10.1. The van der Waals surface area contributed by atoms with E-state index in [1.807, 2.05) is 36.4 Å². The van der Waals surface area contributed by atoms with Gasteiger partial charge in [0, 0.05) is 20.6 Å². The summed E-state index contributed by atoms with van der Waals surface area (Å²) in [5.74, 6) is 0. The van der Waals surface area contributed by atoms with E-state index in [9.17, 15) is 4.79 Å². The highest BCUT2D eigenvalue weighted by molar-refractivity contribution is 9.10. The van der Waals surface area contributed by atoms with Crippen LogP contribution in [0, 0.1) is 0 Å². The van der Waals surface area contributed by atoms with E-state index in [2.05, 4.69) is 15.9 Å². The maximum atomic E-state index is 10.9. The summed E-state index contributed by atoms with van der Waals surface area (Å²) in [6, 6.07) is 13.0. The Bertz CT molecular complexity index is 537. The monoisotopic (exact) mass is 294 g/mol. The molecule has 0 spiro atoms. The molecule has 2 aromatic rings. The van der Waals surface area contributed by atoms with Crippen molar-refractivity contribution in [3.8, 4) is 11.1 Å². The van der Waals surface area contributed by atoms with E-state index >= 15 is 0 Å². The number of hydrogen-bond donors (Lipinski definition) is 0. The molecule has 0 aliphatic carbocycles. The molecule has 0 aliphatic rings. The van der Waals surface area contributed by atoms with Crippen LogP contribution in [0.25, 0.3) is 11.1 Å². The molecule has 0 radical (unpaired) electrons. The third kappa shape index (κ3) is 2.18. The molecule has 0 fully saturated rings. The van der Waals surface area contributed by atoms with E-state index in [1.165, 1.54) is 0 Å². The van der Waals surface area contributed by atoms with E-state index in [4.69, 9.17) is 11.6 Å². The molecule has 0 N–H and O–H groups in total. The van der Waals surface area contributed by atoms with Crippen molar-refractivity contribution in [3.63, 3.8) is 0 Å². The molecule has 80 valence electrons. The van der Waals surface area contributed by atoms with Crippen LogP contribution in [0.5, 0.6) is 0 Å². The number of carbonyl (C=O) groups is 1. The third-order valence-corrected chi connectivity index (χ3v) is 3.12. The Balaban J connectivity index is 2.62. The van der Waals surface area contributed by atoms with E-state index in [0.717, 1.165) is 21.9 Å². The minimum absolute atomic E-state index is 0.628. The Kier molecular flexibility index (Phi) is 3.42. The van der Waals surface area contributed by atoms with Gasteiger partial charge in [-0.05, 0) is 17.7 Å². The summed E-state index contributed by atoms with van der Waals surface area (Å²) in [7, 11) is 0. The molecule has 0 unspecified atom stereocenters. The topological polar surface area (TPSA) is 17.1 Å². The van der Waals surface area contributed by atoms with Crippen molar-refractivity contribution < 1.29 is 4.79 Å². The highest BCUT2D eigenvalue weighted by atomic mass is 79.9. The van der Waals surface area contributed by atoms with Crippen LogP contribution in [0.4, 0.5) is 0 Å². The molecular formula is C13H8BrClO. The Labute approximate surface area is 107 Å². The second kappa shape index (κ2) is 4.81. The van der Waals surface area contributed by atoms with Crippen molar-refractivity contribution in [1.29, 1.82) is 0 Å². The third-order valence-electron chi connectivity index (χ3n) is 2.31. The fraction of sp³-hybridized carbons (Fsp3) is 0. The van der Waals surface area contributed by atoms with Crippen LogP contribution < -0.4 is 0 Å². The van der Waals surface area contributed by atoms with Gasteiger partial charge in [-0.2, -0.15) is 0 Å². The van der Waals surface area contributed by atoms with E-state index in [-0.39, 0.29) is 0 Å². The van der Waals surface area contributed by atoms with Gasteiger partial charge in [-0.15, -0.1) is 0 Å². The van der Waals surface area contributed by atoms with Gasteiger partial charge >= 0.3 is 0 Å². The zero-order chi connectivity index (χ0) is 11.5. The molecule has 0 atom stereocenters. The lowest BCUT2D eigenvalue weighted by Crippen LogP contribution is -1.87. The van der Waals surface area contributed by atoms with Crippen LogP contribution >= 0.6 is 27.5 Å². The first kappa shape index (κ1) is 11.4. The predicted octanol–water partition coefficient (Wildman–Crippen LogP) is 4.58. The molecule has 0 saturated carbocycles. The molecule has 0 aliphatic heterocycles. The van der Waals surface area contributed by atoms with Crippen LogP contribution in [-0.2, 0) is 0 Å². The van der Waals surface area contributed by atoms with Crippen LogP contribution in [0.3, 0.4) is 0 Å². The number of rotatable bonds is 2. The maximum Gasteiger partial charge on any atom is 0.150 e. The Morgan fingerprint density at radius 3 is 2.50 bits per heavy atom. The molecule has 1 nitrogen and oxygen atoms in total. The molecule has 0 bridgehead atoms. The van der Waals surface area contributed by atoms with Gasteiger partial charge in [0.15, 0.2) is 6.29 Å². The Morgan fingerprint density at radius 1 is 1.06 bits per heavy atom. The van der Waals surface area contributed by atoms with Crippen molar-refractivity contribution >= 4 is 33.8 Å². The fourth-order valence-electron chi connectivity index (χ4n) is 1.55. The minimum atomic E-state index is 0.628. The summed E-state index contributed by atoms with van der Waals surface area (Å²) in [4.78, 5) is 10.9. The van der Waals surface area contributed by atoms with Crippen LogP contribution in [0.15, 0.2) is 46.9 Å². The van der Waals surface area contributed by atoms with Gasteiger partial charge in [-0.3, -0.25) is 4.79 Å². The minimum Gasteiger partial charge on any atom is -0.298 e. The Hall–Kier alpha value is -1.12. The second-order valence-electron chi connectivity index (χ2n) is 3.33. The standard InChI is InChI=1S/C13H8BrClO/c14-10-5-6-12(13(15)7-10)11-4-2-1-3-9(11)8-16/h1-8H. The van der Waals surface area contributed by atoms with Crippen molar-refractivity contribution in [2.45, 2.75) is 0 Å². The lowest BCUT2D eigenvalue weighted by atomic mass is 10.0.